The van der Waals surface area contributed by atoms with E-state index in [2.05, 4.69) is 5.32 Å². The standard InChI is InChI=1S/C24H19ClN2O3S/c1-15-11-12-17(14-20(15)25)27-23(28)21(26-16-7-6-8-18(13-16)30-2)22(24(27)29)31-19-9-4-3-5-10-19/h3-14,26H,1-2H3. The molecule has 0 unspecified atom stereocenters. The molecule has 31 heavy (non-hydrogen) atoms. The molecule has 2 amide bonds. The molecule has 0 fully saturated rings. The predicted molar refractivity (Wildman–Crippen MR) is 125 cm³/mol. The predicted octanol–water partition coefficient (Wildman–Crippen LogP) is 5.65. The summed E-state index contributed by atoms with van der Waals surface area (Å²) in [6, 6.07) is 21.8. The first-order valence-corrected chi connectivity index (χ1v) is 10.7. The van der Waals surface area contributed by atoms with E-state index in [-0.39, 0.29) is 5.70 Å². The van der Waals surface area contributed by atoms with Crippen LogP contribution in [0.5, 0.6) is 5.75 Å². The third-order valence-corrected chi connectivity index (χ3v) is 6.26. The molecule has 0 saturated heterocycles. The molecule has 0 aliphatic carbocycles. The van der Waals surface area contributed by atoms with Gasteiger partial charge in [0, 0.05) is 21.7 Å². The van der Waals surface area contributed by atoms with E-state index in [1.165, 1.54) is 11.8 Å². The van der Waals surface area contributed by atoms with Crippen LogP contribution in [0.1, 0.15) is 5.56 Å². The summed E-state index contributed by atoms with van der Waals surface area (Å²) in [4.78, 5) is 29.0. The van der Waals surface area contributed by atoms with Crippen LogP contribution in [-0.2, 0) is 9.59 Å². The van der Waals surface area contributed by atoms with Crippen LogP contribution < -0.4 is 15.0 Å². The van der Waals surface area contributed by atoms with Gasteiger partial charge < -0.3 is 10.1 Å². The van der Waals surface area contributed by atoms with Gasteiger partial charge in [0.1, 0.15) is 16.4 Å². The number of imide groups is 1. The lowest BCUT2D eigenvalue weighted by atomic mass is 10.2. The van der Waals surface area contributed by atoms with E-state index in [0.29, 0.717) is 27.1 Å². The number of carbonyl (C=O) groups excluding carboxylic acids is 2. The second kappa shape index (κ2) is 8.88. The van der Waals surface area contributed by atoms with Crippen molar-refractivity contribution in [2.75, 3.05) is 17.3 Å². The molecule has 7 heteroatoms. The Balaban J connectivity index is 1.75. The van der Waals surface area contributed by atoms with Crippen molar-refractivity contribution >= 4 is 46.6 Å². The molecule has 0 aromatic heterocycles. The van der Waals surface area contributed by atoms with Gasteiger partial charge in [0.15, 0.2) is 0 Å². The molecule has 0 saturated carbocycles. The van der Waals surface area contributed by atoms with Gasteiger partial charge in [0.2, 0.25) is 0 Å². The first-order valence-electron chi connectivity index (χ1n) is 9.51. The van der Waals surface area contributed by atoms with Gasteiger partial charge in [-0.1, -0.05) is 53.7 Å². The van der Waals surface area contributed by atoms with Crippen LogP contribution in [0.4, 0.5) is 11.4 Å². The number of nitrogens with zero attached hydrogens (tertiary/aromatic N) is 1. The Kier molecular flexibility index (Phi) is 6.02. The maximum atomic E-state index is 13.4. The van der Waals surface area contributed by atoms with Crippen molar-refractivity contribution in [1.82, 2.24) is 0 Å². The first kappa shape index (κ1) is 21.0. The summed E-state index contributed by atoms with van der Waals surface area (Å²) in [6.07, 6.45) is 0. The number of amides is 2. The number of methoxy groups -OCH3 is 1. The Morgan fingerprint density at radius 1 is 0.935 bits per heavy atom. The van der Waals surface area contributed by atoms with Crippen molar-refractivity contribution in [2.24, 2.45) is 0 Å². The number of hydrogen-bond acceptors (Lipinski definition) is 5. The Bertz CT molecular complexity index is 1190. The number of hydrogen-bond donors (Lipinski definition) is 1. The van der Waals surface area contributed by atoms with Crippen LogP contribution in [-0.4, -0.2) is 18.9 Å². The molecule has 0 atom stereocenters. The summed E-state index contributed by atoms with van der Waals surface area (Å²) in [7, 11) is 1.57. The van der Waals surface area contributed by atoms with Crippen molar-refractivity contribution in [3.8, 4) is 5.75 Å². The van der Waals surface area contributed by atoms with Gasteiger partial charge in [-0.15, -0.1) is 0 Å². The maximum absolute atomic E-state index is 13.4. The zero-order chi connectivity index (χ0) is 22.0. The van der Waals surface area contributed by atoms with Crippen molar-refractivity contribution in [3.63, 3.8) is 0 Å². The fourth-order valence-corrected chi connectivity index (χ4v) is 4.24. The average Bonchev–Trinajstić information content (AvgIpc) is 3.00. The number of thioether (sulfide) groups is 1. The molecule has 3 aromatic rings. The highest BCUT2D eigenvalue weighted by Gasteiger charge is 2.40. The largest absolute Gasteiger partial charge is 0.497 e. The minimum atomic E-state index is -0.439. The second-order valence-electron chi connectivity index (χ2n) is 6.86. The van der Waals surface area contributed by atoms with Crippen LogP contribution in [0.2, 0.25) is 5.02 Å². The van der Waals surface area contributed by atoms with Crippen molar-refractivity contribution < 1.29 is 14.3 Å². The van der Waals surface area contributed by atoms with E-state index < -0.39 is 11.8 Å². The topological polar surface area (TPSA) is 58.6 Å². The lowest BCUT2D eigenvalue weighted by molar-refractivity contribution is -0.120. The Morgan fingerprint density at radius 2 is 1.71 bits per heavy atom. The fraction of sp³-hybridized carbons (Fsp3) is 0.0833. The van der Waals surface area contributed by atoms with Gasteiger partial charge in [-0.25, -0.2) is 4.90 Å². The van der Waals surface area contributed by atoms with E-state index >= 15 is 0 Å². The number of halogens is 1. The summed E-state index contributed by atoms with van der Waals surface area (Å²) < 4.78 is 5.27. The van der Waals surface area contributed by atoms with Gasteiger partial charge in [-0.3, -0.25) is 9.59 Å². The summed E-state index contributed by atoms with van der Waals surface area (Å²) in [6.45, 7) is 1.87. The smallest absolute Gasteiger partial charge is 0.283 e. The number of aryl methyl sites for hydroxylation is 1. The van der Waals surface area contributed by atoms with E-state index in [1.807, 2.05) is 49.4 Å². The lowest BCUT2D eigenvalue weighted by Gasteiger charge is -2.16. The summed E-state index contributed by atoms with van der Waals surface area (Å²) >= 11 is 7.50. The summed E-state index contributed by atoms with van der Waals surface area (Å²) in [5.41, 5.74) is 2.15. The van der Waals surface area contributed by atoms with Crippen LogP contribution in [0.15, 0.2) is 88.3 Å². The van der Waals surface area contributed by atoms with E-state index in [1.54, 1.807) is 37.4 Å². The zero-order valence-electron chi connectivity index (χ0n) is 16.9. The number of nitrogens with one attached hydrogen (secondary N) is 1. The minimum absolute atomic E-state index is 0.212. The highest BCUT2D eigenvalue weighted by Crippen LogP contribution is 2.38. The molecule has 4 rings (SSSR count). The van der Waals surface area contributed by atoms with Gasteiger partial charge in [0.05, 0.1) is 12.8 Å². The monoisotopic (exact) mass is 450 g/mol. The SMILES string of the molecule is COc1cccc(NC2=C(Sc3ccccc3)C(=O)N(c3ccc(C)c(Cl)c3)C2=O)c1. The number of anilines is 2. The van der Waals surface area contributed by atoms with Crippen LogP contribution in [0.25, 0.3) is 0 Å². The molecule has 1 heterocycles. The number of ether oxygens (including phenoxy) is 1. The van der Waals surface area contributed by atoms with Crippen LogP contribution >= 0.6 is 23.4 Å². The Hall–Kier alpha value is -3.22. The van der Waals surface area contributed by atoms with Crippen LogP contribution in [0.3, 0.4) is 0 Å². The van der Waals surface area contributed by atoms with Crippen LogP contribution in [0, 0.1) is 6.92 Å². The maximum Gasteiger partial charge on any atom is 0.283 e. The first-order chi connectivity index (χ1) is 15.0. The number of carbonyl (C=O) groups is 2. The second-order valence-corrected chi connectivity index (χ2v) is 8.35. The molecular formula is C24H19ClN2O3S. The summed E-state index contributed by atoms with van der Waals surface area (Å²) in [5, 5.41) is 3.62. The van der Waals surface area contributed by atoms with Gasteiger partial charge in [0.25, 0.3) is 11.8 Å². The average molecular weight is 451 g/mol. The van der Waals surface area contributed by atoms with Gasteiger partial charge >= 0.3 is 0 Å². The molecule has 0 radical (unpaired) electrons. The molecule has 0 spiro atoms. The molecule has 0 bridgehead atoms. The van der Waals surface area contributed by atoms with E-state index in [4.69, 9.17) is 16.3 Å². The molecule has 1 aliphatic heterocycles. The third-order valence-electron chi connectivity index (χ3n) is 4.76. The summed E-state index contributed by atoms with van der Waals surface area (Å²) in [5.74, 6) is -0.197. The van der Waals surface area contributed by atoms with E-state index in [9.17, 15) is 9.59 Å². The third kappa shape index (κ3) is 4.31. The fourth-order valence-electron chi connectivity index (χ4n) is 3.12. The lowest BCUT2D eigenvalue weighted by Crippen LogP contribution is -2.32. The van der Waals surface area contributed by atoms with Crippen molar-refractivity contribution in [2.45, 2.75) is 11.8 Å². The molecule has 1 aliphatic rings. The molecule has 1 N–H and O–H groups in total. The Labute approximate surface area is 189 Å². The highest BCUT2D eigenvalue weighted by molar-refractivity contribution is 8.04. The van der Waals surface area contributed by atoms with Crippen molar-refractivity contribution in [1.29, 1.82) is 0 Å². The Morgan fingerprint density at radius 3 is 2.42 bits per heavy atom. The quantitative estimate of drug-likeness (QED) is 0.492. The minimum Gasteiger partial charge on any atom is -0.497 e. The van der Waals surface area contributed by atoms with E-state index in [0.717, 1.165) is 15.4 Å². The highest BCUT2D eigenvalue weighted by atomic mass is 35.5. The zero-order valence-corrected chi connectivity index (χ0v) is 18.5. The van der Waals surface area contributed by atoms with Crippen molar-refractivity contribution in [3.05, 3.63) is 94.0 Å². The normalized spacial score (nSPS) is 13.7. The molecular weight excluding hydrogens is 432 g/mol. The molecule has 5 nitrogen and oxygen atoms in total. The van der Waals surface area contributed by atoms with Gasteiger partial charge in [-0.05, 0) is 48.9 Å². The molecule has 3 aromatic carbocycles. The van der Waals surface area contributed by atoms with Gasteiger partial charge in [-0.2, -0.15) is 0 Å². The molecule has 156 valence electrons. The number of benzene rings is 3. The number of rotatable bonds is 6.